The highest BCUT2D eigenvalue weighted by Gasteiger charge is 2.27. The van der Waals surface area contributed by atoms with Gasteiger partial charge in [0.25, 0.3) is 5.56 Å². The van der Waals surface area contributed by atoms with E-state index in [1.165, 1.54) is 0 Å². The van der Waals surface area contributed by atoms with Gasteiger partial charge < -0.3 is 14.4 Å². The lowest BCUT2D eigenvalue weighted by molar-refractivity contribution is -0.139. The minimum Gasteiger partial charge on any atom is -0.481 e. The van der Waals surface area contributed by atoms with Crippen LogP contribution >= 0.6 is 0 Å². The Kier molecular flexibility index (Phi) is 7.21. The third-order valence-electron chi connectivity index (χ3n) is 6.42. The van der Waals surface area contributed by atoms with Crippen molar-refractivity contribution in [2.75, 3.05) is 6.61 Å². The van der Waals surface area contributed by atoms with Crippen LogP contribution < -0.4 is 5.56 Å². The third-order valence-corrected chi connectivity index (χ3v) is 6.42. The molecule has 1 N–H and O–H groups in total. The number of ether oxygens (including phenoxy) is 1. The van der Waals surface area contributed by atoms with Gasteiger partial charge in [0.2, 0.25) is 0 Å². The van der Waals surface area contributed by atoms with E-state index in [2.05, 4.69) is 17.2 Å². The van der Waals surface area contributed by atoms with Crippen molar-refractivity contribution in [1.82, 2.24) is 24.5 Å². The molecule has 0 bridgehead atoms. The molecule has 180 valence electrons. The summed E-state index contributed by atoms with van der Waals surface area (Å²) in [4.78, 5) is 28.4. The van der Waals surface area contributed by atoms with E-state index in [4.69, 9.17) is 14.8 Å². The Morgan fingerprint density at radius 2 is 2.09 bits per heavy atom. The van der Waals surface area contributed by atoms with Gasteiger partial charge in [-0.1, -0.05) is 30.7 Å². The standard InChI is InChI=1S/C25H31N5O4/c1-4-5-17-6-9-23(31)30(14-17)15-21-25(27-28-29(21)3)20-8-7-19(16(2)26-20)22-12-18(10-11-34-22)13-24(32)33/h6-9,14,18,22H,4-5,10-13,15H2,1-3H3,(H,32,33). The topological polar surface area (TPSA) is 112 Å². The molecule has 0 radical (unpaired) electrons. The molecule has 1 saturated heterocycles. The van der Waals surface area contributed by atoms with Gasteiger partial charge in [0.1, 0.15) is 5.69 Å². The second-order valence-corrected chi connectivity index (χ2v) is 8.98. The number of aryl methyl sites for hydroxylation is 3. The van der Waals surface area contributed by atoms with Crippen molar-refractivity contribution in [2.24, 2.45) is 13.0 Å². The number of carboxylic acids is 1. The SMILES string of the molecule is CCCc1ccc(=O)n(Cc2c(-c3ccc(C4CC(CC(=O)O)CCO4)c(C)n3)nnn2C)c1. The summed E-state index contributed by atoms with van der Waals surface area (Å²) in [6.07, 6.45) is 5.24. The first-order valence-corrected chi connectivity index (χ1v) is 11.7. The van der Waals surface area contributed by atoms with Gasteiger partial charge in [0.05, 0.1) is 24.0 Å². The van der Waals surface area contributed by atoms with Crippen molar-refractivity contribution in [1.29, 1.82) is 0 Å². The third kappa shape index (κ3) is 5.25. The summed E-state index contributed by atoms with van der Waals surface area (Å²) in [7, 11) is 1.81. The van der Waals surface area contributed by atoms with Crippen LogP contribution in [-0.2, 0) is 29.5 Å². The molecule has 1 aliphatic heterocycles. The van der Waals surface area contributed by atoms with E-state index in [1.54, 1.807) is 15.3 Å². The highest BCUT2D eigenvalue weighted by molar-refractivity contribution is 5.67. The summed E-state index contributed by atoms with van der Waals surface area (Å²) in [5.74, 6) is -0.672. The largest absolute Gasteiger partial charge is 0.481 e. The Hall–Kier alpha value is -3.33. The van der Waals surface area contributed by atoms with Gasteiger partial charge in [0.15, 0.2) is 0 Å². The van der Waals surface area contributed by atoms with Crippen LogP contribution in [0.2, 0.25) is 0 Å². The summed E-state index contributed by atoms with van der Waals surface area (Å²) in [5.41, 5.74) is 4.94. The van der Waals surface area contributed by atoms with Crippen LogP contribution in [0.3, 0.4) is 0 Å². The maximum Gasteiger partial charge on any atom is 0.303 e. The highest BCUT2D eigenvalue weighted by Crippen LogP contribution is 2.35. The Morgan fingerprint density at radius 3 is 2.82 bits per heavy atom. The number of aromatic nitrogens is 5. The highest BCUT2D eigenvalue weighted by atomic mass is 16.5. The number of aliphatic carboxylic acids is 1. The van der Waals surface area contributed by atoms with Crippen molar-refractivity contribution in [3.63, 3.8) is 0 Å². The molecule has 4 rings (SSSR count). The molecule has 0 aromatic carbocycles. The normalized spacial score (nSPS) is 18.2. The number of pyridine rings is 2. The molecule has 9 nitrogen and oxygen atoms in total. The van der Waals surface area contributed by atoms with Crippen LogP contribution in [0.25, 0.3) is 11.4 Å². The lowest BCUT2D eigenvalue weighted by atomic mass is 9.89. The van der Waals surface area contributed by atoms with Gasteiger partial charge >= 0.3 is 5.97 Å². The lowest BCUT2D eigenvalue weighted by Gasteiger charge is -2.29. The fourth-order valence-electron chi connectivity index (χ4n) is 4.61. The average Bonchev–Trinajstić information content (AvgIpc) is 3.16. The number of hydrogen-bond donors (Lipinski definition) is 1. The summed E-state index contributed by atoms with van der Waals surface area (Å²) in [6.45, 7) is 4.93. The van der Waals surface area contributed by atoms with Gasteiger partial charge in [-0.3, -0.25) is 14.6 Å². The minimum atomic E-state index is -0.773. The monoisotopic (exact) mass is 465 g/mol. The molecule has 2 unspecified atom stereocenters. The number of hydrogen-bond acceptors (Lipinski definition) is 6. The molecule has 0 amide bonds. The van der Waals surface area contributed by atoms with E-state index in [0.29, 0.717) is 31.0 Å². The van der Waals surface area contributed by atoms with Gasteiger partial charge in [-0.15, -0.1) is 5.10 Å². The Morgan fingerprint density at radius 1 is 1.26 bits per heavy atom. The molecule has 0 spiro atoms. The van der Waals surface area contributed by atoms with Gasteiger partial charge in [-0.25, -0.2) is 4.68 Å². The van der Waals surface area contributed by atoms with Crippen molar-refractivity contribution < 1.29 is 14.6 Å². The van der Waals surface area contributed by atoms with Gasteiger partial charge in [-0.2, -0.15) is 0 Å². The summed E-state index contributed by atoms with van der Waals surface area (Å²) in [5, 5.41) is 17.7. The molecular formula is C25H31N5O4. The number of carboxylic acid groups (broad SMARTS) is 1. The fourth-order valence-corrected chi connectivity index (χ4v) is 4.61. The van der Waals surface area contributed by atoms with E-state index in [-0.39, 0.29) is 24.0 Å². The van der Waals surface area contributed by atoms with Crippen LogP contribution in [-0.4, -0.2) is 42.2 Å². The average molecular weight is 466 g/mol. The zero-order valence-corrected chi connectivity index (χ0v) is 19.9. The molecule has 34 heavy (non-hydrogen) atoms. The first-order chi connectivity index (χ1) is 16.4. The van der Waals surface area contributed by atoms with E-state index in [9.17, 15) is 9.59 Å². The van der Waals surface area contributed by atoms with Crippen LogP contribution in [0.5, 0.6) is 0 Å². The maximum atomic E-state index is 12.5. The molecule has 0 saturated carbocycles. The summed E-state index contributed by atoms with van der Waals surface area (Å²) >= 11 is 0. The number of rotatable bonds is 8. The second-order valence-electron chi connectivity index (χ2n) is 8.98. The van der Waals surface area contributed by atoms with Crippen molar-refractivity contribution in [3.8, 4) is 11.4 Å². The predicted molar refractivity (Wildman–Crippen MR) is 126 cm³/mol. The summed E-state index contributed by atoms with van der Waals surface area (Å²) in [6, 6.07) is 7.37. The fraction of sp³-hybridized carbons (Fsp3) is 0.480. The van der Waals surface area contributed by atoms with Crippen LogP contribution in [0.15, 0.2) is 35.3 Å². The first-order valence-electron chi connectivity index (χ1n) is 11.7. The molecule has 2 atom stereocenters. The van der Waals surface area contributed by atoms with E-state index < -0.39 is 5.97 Å². The zero-order valence-electron chi connectivity index (χ0n) is 19.9. The van der Waals surface area contributed by atoms with Crippen molar-refractivity contribution >= 4 is 5.97 Å². The molecular weight excluding hydrogens is 434 g/mol. The number of carbonyl (C=O) groups is 1. The van der Waals surface area contributed by atoms with Gasteiger partial charge in [-0.05, 0) is 43.7 Å². The van der Waals surface area contributed by atoms with Crippen molar-refractivity contribution in [2.45, 2.75) is 58.6 Å². The van der Waals surface area contributed by atoms with Crippen LogP contribution in [0.4, 0.5) is 0 Å². The van der Waals surface area contributed by atoms with Crippen molar-refractivity contribution in [3.05, 3.63) is 63.3 Å². The maximum absolute atomic E-state index is 12.5. The van der Waals surface area contributed by atoms with E-state index in [1.807, 2.05) is 38.4 Å². The van der Waals surface area contributed by atoms with Crippen LogP contribution in [0, 0.1) is 12.8 Å². The predicted octanol–water partition coefficient (Wildman–Crippen LogP) is 3.29. The molecule has 9 heteroatoms. The van der Waals surface area contributed by atoms with Crippen LogP contribution in [0.1, 0.15) is 61.2 Å². The molecule has 4 heterocycles. The smallest absolute Gasteiger partial charge is 0.303 e. The van der Waals surface area contributed by atoms with E-state index in [0.717, 1.165) is 41.8 Å². The first kappa shape index (κ1) is 23.8. The lowest BCUT2D eigenvalue weighted by Crippen LogP contribution is -2.22. The Balaban J connectivity index is 1.60. The molecule has 1 aliphatic rings. The molecule has 3 aromatic heterocycles. The number of nitrogens with zero attached hydrogens (tertiary/aromatic N) is 5. The Bertz CT molecular complexity index is 1230. The Labute approximate surface area is 198 Å². The zero-order chi connectivity index (χ0) is 24.2. The second kappa shape index (κ2) is 10.3. The molecule has 1 fully saturated rings. The van der Waals surface area contributed by atoms with E-state index >= 15 is 0 Å². The molecule has 3 aromatic rings. The van der Waals surface area contributed by atoms with Gasteiger partial charge in [0, 0.05) is 43.6 Å². The quantitative estimate of drug-likeness (QED) is 0.543. The molecule has 0 aliphatic carbocycles. The summed E-state index contributed by atoms with van der Waals surface area (Å²) < 4.78 is 9.32. The minimum absolute atomic E-state index is 0.0724.